The van der Waals surface area contributed by atoms with Gasteiger partial charge in [-0.15, -0.1) is 0 Å². The second-order valence-corrected chi connectivity index (χ2v) is 15.5. The fourth-order valence-corrected chi connectivity index (χ4v) is 6.61. The third-order valence-corrected chi connectivity index (χ3v) is 10.2. The molecule has 11 heteroatoms. The maximum atomic E-state index is 12.7. The molecule has 0 radical (unpaired) electrons. The lowest BCUT2D eigenvalue weighted by Gasteiger charge is -2.38. The predicted octanol–water partition coefficient (Wildman–Crippen LogP) is 9.59. The Balaban J connectivity index is 2.38. The van der Waals surface area contributed by atoms with Crippen LogP contribution in [-0.2, 0) is 33.3 Å². The highest BCUT2D eigenvalue weighted by Crippen LogP contribution is 2.23. The van der Waals surface area contributed by atoms with Crippen LogP contribution in [-0.4, -0.2) is 88.4 Å². The van der Waals surface area contributed by atoms with E-state index in [2.05, 4.69) is 50.3 Å². The lowest BCUT2D eigenvalue weighted by atomic mass is 9.99. The van der Waals surface area contributed by atoms with Crippen molar-refractivity contribution in [3.05, 3.63) is 36.5 Å². The van der Waals surface area contributed by atoms with Gasteiger partial charge < -0.3 is 39.4 Å². The summed E-state index contributed by atoms with van der Waals surface area (Å²) in [6.07, 6.45) is 31.9. The van der Waals surface area contributed by atoms with Crippen molar-refractivity contribution in [3.8, 4) is 0 Å². The molecule has 1 heterocycles. The van der Waals surface area contributed by atoms with Crippen LogP contribution in [0, 0.1) is 0 Å². The van der Waals surface area contributed by atoms with Gasteiger partial charge in [-0.3, -0.25) is 9.59 Å². The number of allylic oxidation sites excluding steroid dienone is 6. The fraction of sp³-hybridized carbons (Fsp3) is 0.804. The normalized spacial score (nSPS) is 20.5. The molecule has 1 saturated heterocycles. The topological polar surface area (TPSA) is 169 Å². The number of ether oxygens (including phenoxy) is 4. The monoisotopic (exact) mass is 809 g/mol. The largest absolute Gasteiger partial charge is 0.479 e. The van der Waals surface area contributed by atoms with Crippen molar-refractivity contribution >= 4 is 17.9 Å². The molecule has 1 aliphatic heterocycles. The van der Waals surface area contributed by atoms with Gasteiger partial charge in [-0.25, -0.2) is 4.79 Å². The van der Waals surface area contributed by atoms with Crippen molar-refractivity contribution in [2.24, 2.45) is 0 Å². The van der Waals surface area contributed by atoms with Gasteiger partial charge in [-0.05, 0) is 70.6 Å². The number of aliphatic hydroxyl groups is 3. The highest BCUT2D eigenvalue weighted by Gasteiger charge is 2.47. The molecular formula is C46H80O11. The summed E-state index contributed by atoms with van der Waals surface area (Å²) < 4.78 is 21.7. The first-order chi connectivity index (χ1) is 27.7. The fourth-order valence-electron chi connectivity index (χ4n) is 6.61. The summed E-state index contributed by atoms with van der Waals surface area (Å²) in [5.41, 5.74) is 0. The number of aliphatic hydroxyl groups excluding tert-OH is 3. The number of esters is 2. The summed E-state index contributed by atoms with van der Waals surface area (Å²) in [6, 6.07) is 0. The highest BCUT2D eigenvalue weighted by atomic mass is 16.7. The Kier molecular flexibility index (Phi) is 33.6. The summed E-state index contributed by atoms with van der Waals surface area (Å²) in [6.45, 7) is 3.76. The van der Waals surface area contributed by atoms with Crippen LogP contribution in [0.15, 0.2) is 36.5 Å². The molecule has 6 unspecified atom stereocenters. The quantitative estimate of drug-likeness (QED) is 0.0268. The van der Waals surface area contributed by atoms with Crippen molar-refractivity contribution in [1.29, 1.82) is 0 Å². The molecule has 0 bridgehead atoms. The maximum Gasteiger partial charge on any atom is 0.335 e. The first kappa shape index (κ1) is 52.4. The molecule has 4 N–H and O–H groups in total. The van der Waals surface area contributed by atoms with Crippen LogP contribution in [0.5, 0.6) is 0 Å². The predicted molar refractivity (Wildman–Crippen MR) is 225 cm³/mol. The third kappa shape index (κ3) is 28.5. The smallest absolute Gasteiger partial charge is 0.335 e. The van der Waals surface area contributed by atoms with Crippen LogP contribution in [0.1, 0.15) is 187 Å². The molecule has 0 aromatic rings. The molecule has 1 rings (SSSR count). The number of hydrogen-bond donors (Lipinski definition) is 4. The number of carbonyl (C=O) groups excluding carboxylic acids is 2. The molecule has 0 amide bonds. The third-order valence-electron chi connectivity index (χ3n) is 10.2. The summed E-state index contributed by atoms with van der Waals surface area (Å²) in [7, 11) is 0. The number of unbranched alkanes of at least 4 members (excludes halogenated alkanes) is 20. The van der Waals surface area contributed by atoms with Crippen LogP contribution < -0.4 is 0 Å². The van der Waals surface area contributed by atoms with Crippen LogP contribution in [0.3, 0.4) is 0 Å². The van der Waals surface area contributed by atoms with Crippen LogP contribution in [0.2, 0.25) is 0 Å². The van der Waals surface area contributed by atoms with Gasteiger partial charge in [0.15, 0.2) is 18.5 Å². The van der Waals surface area contributed by atoms with E-state index in [0.717, 1.165) is 70.6 Å². The lowest BCUT2D eigenvalue weighted by Crippen LogP contribution is -2.60. The number of carboxylic acids is 1. The minimum Gasteiger partial charge on any atom is -0.479 e. The lowest BCUT2D eigenvalue weighted by molar-refractivity contribution is -0.298. The number of carboxylic acid groups (broad SMARTS) is 1. The minimum atomic E-state index is -1.86. The molecule has 11 nitrogen and oxygen atoms in total. The van der Waals surface area contributed by atoms with Crippen molar-refractivity contribution in [3.63, 3.8) is 0 Å². The number of rotatable bonds is 37. The van der Waals surface area contributed by atoms with E-state index in [0.29, 0.717) is 12.8 Å². The van der Waals surface area contributed by atoms with Gasteiger partial charge in [-0.1, -0.05) is 140 Å². The molecule has 1 aliphatic rings. The van der Waals surface area contributed by atoms with Crippen molar-refractivity contribution in [2.45, 2.75) is 224 Å². The average Bonchev–Trinajstić information content (AvgIpc) is 3.19. The maximum absolute atomic E-state index is 12.7. The van der Waals surface area contributed by atoms with Gasteiger partial charge in [0.1, 0.15) is 24.9 Å². The van der Waals surface area contributed by atoms with Crippen molar-refractivity contribution in [1.82, 2.24) is 0 Å². The molecule has 0 spiro atoms. The summed E-state index contributed by atoms with van der Waals surface area (Å²) in [4.78, 5) is 36.8. The molecule has 0 aromatic heterocycles. The molecule has 0 saturated carbocycles. The minimum absolute atomic E-state index is 0.171. The molecule has 1 fully saturated rings. The Labute approximate surface area is 344 Å². The average molecular weight is 809 g/mol. The highest BCUT2D eigenvalue weighted by molar-refractivity contribution is 5.73. The van der Waals surface area contributed by atoms with Crippen LogP contribution in [0.4, 0.5) is 0 Å². The van der Waals surface area contributed by atoms with E-state index in [-0.39, 0.29) is 19.4 Å². The molecule has 57 heavy (non-hydrogen) atoms. The van der Waals surface area contributed by atoms with Gasteiger partial charge in [0, 0.05) is 12.8 Å². The summed E-state index contributed by atoms with van der Waals surface area (Å²) in [5.74, 6) is -2.46. The zero-order chi connectivity index (χ0) is 41.8. The molecular weight excluding hydrogens is 728 g/mol. The van der Waals surface area contributed by atoms with Crippen molar-refractivity contribution < 1.29 is 53.8 Å². The van der Waals surface area contributed by atoms with Crippen LogP contribution in [0.25, 0.3) is 0 Å². The van der Waals surface area contributed by atoms with E-state index in [4.69, 9.17) is 18.9 Å². The van der Waals surface area contributed by atoms with E-state index >= 15 is 0 Å². The number of hydrogen-bond acceptors (Lipinski definition) is 10. The second-order valence-electron chi connectivity index (χ2n) is 15.5. The number of aliphatic carboxylic acids is 1. The summed E-state index contributed by atoms with van der Waals surface area (Å²) >= 11 is 0. The molecule has 0 aromatic carbocycles. The standard InChI is InChI=1S/C46H80O11/c1-3-5-7-9-11-13-15-17-19-20-21-23-24-26-28-30-32-34-39(47)54-36-38(37-55-46-43(51)41(49)42(50)44(57-46)45(52)53)56-40(48)35-33-31-29-27-25-22-18-16-14-12-10-8-6-4-2/h11,13,16-19,38,41-44,46,49-51H,3-10,12,14-15,20-37H2,1-2H3,(H,52,53)/b13-11-,18-16-,19-17-. The van der Waals surface area contributed by atoms with E-state index in [1.54, 1.807) is 0 Å². The Hall–Kier alpha value is -2.57. The van der Waals surface area contributed by atoms with Gasteiger partial charge >= 0.3 is 17.9 Å². The van der Waals surface area contributed by atoms with E-state index < -0.39 is 61.3 Å². The van der Waals surface area contributed by atoms with Crippen LogP contribution >= 0.6 is 0 Å². The Morgan fingerprint density at radius 2 is 0.982 bits per heavy atom. The Morgan fingerprint density at radius 3 is 1.51 bits per heavy atom. The van der Waals surface area contributed by atoms with E-state index in [1.165, 1.54) is 77.0 Å². The number of carbonyl (C=O) groups is 3. The van der Waals surface area contributed by atoms with Gasteiger partial charge in [-0.2, -0.15) is 0 Å². The van der Waals surface area contributed by atoms with E-state index in [1.807, 2.05) is 0 Å². The van der Waals surface area contributed by atoms with Gasteiger partial charge in [0.05, 0.1) is 6.61 Å². The second kappa shape index (κ2) is 36.5. The zero-order valence-corrected chi connectivity index (χ0v) is 35.6. The first-order valence-corrected chi connectivity index (χ1v) is 22.5. The Bertz CT molecular complexity index is 1090. The van der Waals surface area contributed by atoms with E-state index in [9.17, 15) is 34.8 Å². The van der Waals surface area contributed by atoms with Crippen molar-refractivity contribution in [2.75, 3.05) is 13.2 Å². The Morgan fingerprint density at radius 1 is 0.544 bits per heavy atom. The van der Waals surface area contributed by atoms with Gasteiger partial charge in [0.25, 0.3) is 0 Å². The molecule has 0 aliphatic carbocycles. The zero-order valence-electron chi connectivity index (χ0n) is 35.6. The molecule has 6 atom stereocenters. The first-order valence-electron chi connectivity index (χ1n) is 22.5. The summed E-state index contributed by atoms with van der Waals surface area (Å²) in [5, 5.41) is 39.8. The van der Waals surface area contributed by atoms with Gasteiger partial charge in [0.2, 0.25) is 0 Å². The SMILES string of the molecule is CCCCC/C=C\C/C=C\CCCCCCCCCC(=O)OCC(COC1OC(C(=O)O)C(O)C(O)C1O)OC(=O)CCCCCCC/C=C\CCCCCCC. The molecule has 330 valence electrons.